The fourth-order valence-electron chi connectivity index (χ4n) is 2.46. The SMILES string of the molecule is CCn1c(/N=C/c2ccc(N(C)C)cc2)nc2ccccc21. The third-order valence-corrected chi connectivity index (χ3v) is 3.69. The van der Waals surface area contributed by atoms with E-state index < -0.39 is 0 Å². The van der Waals surface area contributed by atoms with Gasteiger partial charge in [-0.1, -0.05) is 24.3 Å². The van der Waals surface area contributed by atoms with Crippen LogP contribution in [0.5, 0.6) is 0 Å². The molecule has 0 fully saturated rings. The van der Waals surface area contributed by atoms with Crippen LogP contribution in [0.2, 0.25) is 0 Å². The van der Waals surface area contributed by atoms with Gasteiger partial charge in [-0.2, -0.15) is 0 Å². The molecule has 0 aliphatic heterocycles. The molecule has 22 heavy (non-hydrogen) atoms. The molecule has 0 spiro atoms. The summed E-state index contributed by atoms with van der Waals surface area (Å²) >= 11 is 0. The zero-order valence-corrected chi connectivity index (χ0v) is 13.2. The lowest BCUT2D eigenvalue weighted by atomic mass is 10.2. The molecular formula is C18H20N4. The van der Waals surface area contributed by atoms with E-state index in [1.807, 2.05) is 38.5 Å². The Hall–Kier alpha value is -2.62. The Morgan fingerprint density at radius 1 is 1.09 bits per heavy atom. The lowest BCUT2D eigenvalue weighted by Gasteiger charge is -2.11. The third kappa shape index (κ3) is 2.72. The quantitative estimate of drug-likeness (QED) is 0.684. The van der Waals surface area contributed by atoms with Crippen molar-refractivity contribution in [1.82, 2.24) is 9.55 Å². The number of aryl methyl sites for hydroxylation is 1. The van der Waals surface area contributed by atoms with Crippen LogP contribution >= 0.6 is 0 Å². The van der Waals surface area contributed by atoms with Crippen LogP contribution in [-0.2, 0) is 6.54 Å². The highest BCUT2D eigenvalue weighted by molar-refractivity contribution is 5.84. The summed E-state index contributed by atoms with van der Waals surface area (Å²) in [5.41, 5.74) is 4.36. The van der Waals surface area contributed by atoms with E-state index in [4.69, 9.17) is 0 Å². The van der Waals surface area contributed by atoms with Crippen LogP contribution in [0.3, 0.4) is 0 Å². The van der Waals surface area contributed by atoms with Crippen molar-refractivity contribution >= 4 is 28.9 Å². The first kappa shape index (κ1) is 14.3. The first-order valence-electron chi connectivity index (χ1n) is 7.45. The largest absolute Gasteiger partial charge is 0.378 e. The smallest absolute Gasteiger partial charge is 0.230 e. The van der Waals surface area contributed by atoms with Crippen LogP contribution in [0.25, 0.3) is 11.0 Å². The Balaban J connectivity index is 1.92. The second kappa shape index (κ2) is 6.02. The molecule has 4 nitrogen and oxygen atoms in total. The minimum absolute atomic E-state index is 0.750. The minimum Gasteiger partial charge on any atom is -0.378 e. The van der Waals surface area contributed by atoms with E-state index in [1.54, 1.807) is 0 Å². The van der Waals surface area contributed by atoms with Gasteiger partial charge in [-0.05, 0) is 36.8 Å². The van der Waals surface area contributed by atoms with Gasteiger partial charge in [0.2, 0.25) is 5.95 Å². The number of hydrogen-bond donors (Lipinski definition) is 0. The molecule has 0 bridgehead atoms. The standard InChI is InChI=1S/C18H20N4/c1-4-22-17-8-6-5-7-16(17)20-18(22)19-13-14-9-11-15(12-10-14)21(2)3/h5-13H,4H2,1-3H3/b19-13+. The van der Waals surface area contributed by atoms with E-state index in [9.17, 15) is 0 Å². The van der Waals surface area contributed by atoms with Crippen molar-refractivity contribution in [1.29, 1.82) is 0 Å². The molecule has 2 aromatic carbocycles. The summed E-state index contributed by atoms with van der Waals surface area (Å²) < 4.78 is 2.13. The van der Waals surface area contributed by atoms with Crippen LogP contribution in [0.4, 0.5) is 11.6 Å². The highest BCUT2D eigenvalue weighted by atomic mass is 15.2. The molecule has 3 rings (SSSR count). The highest BCUT2D eigenvalue weighted by Gasteiger charge is 2.06. The fraction of sp³-hybridized carbons (Fsp3) is 0.222. The maximum atomic E-state index is 4.60. The normalized spacial score (nSPS) is 11.4. The molecule has 0 radical (unpaired) electrons. The Morgan fingerprint density at radius 3 is 2.50 bits per heavy atom. The van der Waals surface area contributed by atoms with E-state index in [0.717, 1.165) is 29.1 Å². The van der Waals surface area contributed by atoms with Gasteiger partial charge in [-0.15, -0.1) is 0 Å². The number of benzene rings is 2. The first-order chi connectivity index (χ1) is 10.7. The van der Waals surface area contributed by atoms with Crippen LogP contribution < -0.4 is 4.90 Å². The second-order valence-corrected chi connectivity index (χ2v) is 5.39. The predicted molar refractivity (Wildman–Crippen MR) is 93.4 cm³/mol. The summed E-state index contributed by atoms with van der Waals surface area (Å²) in [6, 6.07) is 16.4. The van der Waals surface area contributed by atoms with E-state index in [1.165, 1.54) is 5.69 Å². The molecule has 0 saturated heterocycles. The van der Waals surface area contributed by atoms with E-state index in [0.29, 0.717) is 0 Å². The van der Waals surface area contributed by atoms with Gasteiger partial charge < -0.3 is 9.47 Å². The molecule has 1 aromatic heterocycles. The van der Waals surface area contributed by atoms with Gasteiger partial charge in [-0.3, -0.25) is 0 Å². The van der Waals surface area contributed by atoms with Crippen molar-refractivity contribution < 1.29 is 0 Å². The number of aliphatic imine (C=N–C) groups is 1. The molecule has 112 valence electrons. The average molecular weight is 292 g/mol. The fourth-order valence-corrected chi connectivity index (χ4v) is 2.46. The summed E-state index contributed by atoms with van der Waals surface area (Å²) in [5, 5.41) is 0. The van der Waals surface area contributed by atoms with Crippen molar-refractivity contribution in [3.63, 3.8) is 0 Å². The molecule has 1 heterocycles. The zero-order chi connectivity index (χ0) is 15.5. The number of rotatable bonds is 4. The second-order valence-electron chi connectivity index (χ2n) is 5.39. The highest BCUT2D eigenvalue weighted by Crippen LogP contribution is 2.21. The summed E-state index contributed by atoms with van der Waals surface area (Å²) in [6.45, 7) is 2.96. The average Bonchev–Trinajstić information content (AvgIpc) is 2.90. The Morgan fingerprint density at radius 2 is 1.82 bits per heavy atom. The van der Waals surface area contributed by atoms with Crippen LogP contribution in [-0.4, -0.2) is 29.9 Å². The van der Waals surface area contributed by atoms with Crippen molar-refractivity contribution in [2.45, 2.75) is 13.5 Å². The first-order valence-corrected chi connectivity index (χ1v) is 7.45. The van der Waals surface area contributed by atoms with Crippen LogP contribution in [0.1, 0.15) is 12.5 Å². The summed E-state index contributed by atoms with van der Waals surface area (Å²) in [4.78, 5) is 11.3. The molecule has 0 atom stereocenters. The topological polar surface area (TPSA) is 33.4 Å². The number of para-hydroxylation sites is 2. The van der Waals surface area contributed by atoms with Gasteiger partial charge in [0.25, 0.3) is 0 Å². The molecule has 0 aliphatic rings. The molecule has 0 amide bonds. The van der Waals surface area contributed by atoms with Gasteiger partial charge in [-0.25, -0.2) is 9.98 Å². The van der Waals surface area contributed by atoms with E-state index in [2.05, 4.69) is 56.7 Å². The van der Waals surface area contributed by atoms with Crippen LogP contribution in [0.15, 0.2) is 53.5 Å². The number of fused-ring (bicyclic) bond motifs is 1. The van der Waals surface area contributed by atoms with Crippen molar-refractivity contribution in [2.24, 2.45) is 4.99 Å². The van der Waals surface area contributed by atoms with Gasteiger partial charge in [0.05, 0.1) is 11.0 Å². The van der Waals surface area contributed by atoms with E-state index >= 15 is 0 Å². The number of hydrogen-bond acceptors (Lipinski definition) is 3. The van der Waals surface area contributed by atoms with Crippen molar-refractivity contribution in [3.05, 3.63) is 54.1 Å². The number of nitrogens with zero attached hydrogens (tertiary/aromatic N) is 4. The summed E-state index contributed by atoms with van der Waals surface area (Å²) in [5.74, 6) is 0.750. The maximum absolute atomic E-state index is 4.60. The predicted octanol–water partition coefficient (Wildman–Crippen LogP) is 3.87. The van der Waals surface area contributed by atoms with E-state index in [-0.39, 0.29) is 0 Å². The van der Waals surface area contributed by atoms with Crippen LogP contribution in [0, 0.1) is 0 Å². The molecule has 4 heteroatoms. The lowest BCUT2D eigenvalue weighted by Crippen LogP contribution is -2.08. The Kier molecular flexibility index (Phi) is 3.92. The molecule has 0 aliphatic carbocycles. The summed E-state index contributed by atoms with van der Waals surface area (Å²) in [7, 11) is 4.07. The van der Waals surface area contributed by atoms with Gasteiger partial charge >= 0.3 is 0 Å². The third-order valence-electron chi connectivity index (χ3n) is 3.69. The number of aromatic nitrogens is 2. The lowest BCUT2D eigenvalue weighted by molar-refractivity contribution is 0.790. The number of imidazole rings is 1. The summed E-state index contributed by atoms with van der Waals surface area (Å²) in [6.07, 6.45) is 1.87. The number of anilines is 1. The van der Waals surface area contributed by atoms with Gasteiger partial charge in [0.15, 0.2) is 0 Å². The van der Waals surface area contributed by atoms with Gasteiger partial charge in [0.1, 0.15) is 0 Å². The zero-order valence-electron chi connectivity index (χ0n) is 13.2. The Labute approximate surface area is 130 Å². The van der Waals surface area contributed by atoms with Gasteiger partial charge in [0, 0.05) is 32.5 Å². The molecule has 0 N–H and O–H groups in total. The molecule has 3 aromatic rings. The minimum atomic E-state index is 0.750. The molecule has 0 saturated carbocycles. The Bertz CT molecular complexity index is 798. The molecule has 0 unspecified atom stereocenters. The van der Waals surface area contributed by atoms with Crippen molar-refractivity contribution in [2.75, 3.05) is 19.0 Å². The maximum Gasteiger partial charge on any atom is 0.230 e. The van der Waals surface area contributed by atoms with Crippen molar-refractivity contribution in [3.8, 4) is 0 Å². The monoisotopic (exact) mass is 292 g/mol. The molecular weight excluding hydrogens is 272 g/mol.